The van der Waals surface area contributed by atoms with Crippen molar-refractivity contribution in [1.82, 2.24) is 16.0 Å². The van der Waals surface area contributed by atoms with Gasteiger partial charge in [0.1, 0.15) is 32.2 Å². The van der Waals surface area contributed by atoms with Crippen LogP contribution in [-0.4, -0.2) is 126 Å². The molecule has 0 saturated heterocycles. The minimum Gasteiger partial charge on any atom is -0.493 e. The summed E-state index contributed by atoms with van der Waals surface area (Å²) in [5.41, 5.74) is 4.84. The van der Waals surface area contributed by atoms with E-state index in [4.69, 9.17) is 46.0 Å². The van der Waals surface area contributed by atoms with Crippen molar-refractivity contribution >= 4 is 78.6 Å². The first-order valence-corrected chi connectivity index (χ1v) is 30.6. The minimum absolute atomic E-state index is 0.0190. The van der Waals surface area contributed by atoms with Gasteiger partial charge >= 0.3 is 18.3 Å². The Kier molecular flexibility index (Phi) is 19.8. The number of nitrogens with zero attached hydrogens (tertiary/aromatic N) is 3. The number of aliphatic imine (C=N–C) groups is 1. The second-order valence-corrected chi connectivity index (χ2v) is 24.1. The van der Waals surface area contributed by atoms with Gasteiger partial charge < -0.3 is 54.4 Å². The van der Waals surface area contributed by atoms with E-state index in [9.17, 15) is 33.6 Å². The topological polar surface area (TPSA) is 251 Å². The minimum atomic E-state index is -1.54. The number of amides is 6. The molecule has 5 aromatic rings. The highest BCUT2D eigenvalue weighted by atomic mass is 16.6. The molecule has 0 spiro atoms. The molecule has 22 heteroatoms. The van der Waals surface area contributed by atoms with E-state index < -0.39 is 47.2 Å². The van der Waals surface area contributed by atoms with E-state index >= 15 is 0 Å². The summed E-state index contributed by atoms with van der Waals surface area (Å²) in [6.45, 7) is 9.66. The molecule has 2 aliphatic carbocycles. The van der Waals surface area contributed by atoms with E-state index in [0.717, 1.165) is 17.7 Å². The molecule has 470 valence electrons. The fourth-order valence-corrected chi connectivity index (χ4v) is 12.3. The standard InChI is InChI=1S/C68H76BN7O14/c1-7-28-88-65(82)73-60(69)61(78)74-68(37-45(68)18-15-27-70-64(81)90-67(2,3)4)63(80)72-46-23-21-41(22-24-46)40-89-66(83)75-39-44-31-42-16-9-11-19-48(42)49(44)25-26-55(77)51-34-57(85-6)59(36-54(51)75)87-30-14-8-13-29-86-58-35-52-50(33-56(58)84-5)62(79)76-47(38-71-52)32-43-17-10-12-20-53(43)76/h7,9-12,16-17,19-24,33-36,38,44-45,47,49,60H,1,8,13-15,18,25-32,37,39-40H2,2-6H3,(H,70,81)(H,72,80)(H,73,82)(H,74,78)/t44-,45?,47-,49?,60+,68?/m0/s1. The Labute approximate surface area is 525 Å². The molecule has 90 heavy (non-hydrogen) atoms. The van der Waals surface area contributed by atoms with E-state index in [-0.39, 0.29) is 81.2 Å². The highest BCUT2D eigenvalue weighted by Crippen LogP contribution is 2.49. The van der Waals surface area contributed by atoms with E-state index in [1.165, 1.54) is 24.3 Å². The summed E-state index contributed by atoms with van der Waals surface area (Å²) >= 11 is 0. The van der Waals surface area contributed by atoms with Crippen molar-refractivity contribution in [2.75, 3.05) is 62.2 Å². The molecule has 1 saturated carbocycles. The van der Waals surface area contributed by atoms with Gasteiger partial charge in [-0.15, -0.1) is 0 Å². The summed E-state index contributed by atoms with van der Waals surface area (Å²) in [5.74, 6) is -1.92. The molecule has 3 aliphatic heterocycles. The van der Waals surface area contributed by atoms with Crippen LogP contribution in [0.1, 0.15) is 121 Å². The number of para-hydroxylation sites is 1. The van der Waals surface area contributed by atoms with Crippen LogP contribution < -0.4 is 50.0 Å². The van der Waals surface area contributed by atoms with Gasteiger partial charge in [0, 0.05) is 61.2 Å². The van der Waals surface area contributed by atoms with Crippen LogP contribution in [0, 0.1) is 11.8 Å². The summed E-state index contributed by atoms with van der Waals surface area (Å²) in [6, 6.07) is 29.4. The average Bonchev–Trinajstić information content (AvgIpc) is 1.61. The van der Waals surface area contributed by atoms with Crippen molar-refractivity contribution in [3.8, 4) is 23.0 Å². The molecule has 21 nitrogen and oxygen atoms in total. The summed E-state index contributed by atoms with van der Waals surface area (Å²) in [6.07, 6.45) is 6.40. The van der Waals surface area contributed by atoms with Gasteiger partial charge in [0.05, 0.1) is 56.4 Å². The third kappa shape index (κ3) is 14.7. The number of ether oxygens (including phenoxy) is 7. The van der Waals surface area contributed by atoms with Gasteiger partial charge in [-0.05, 0) is 142 Å². The summed E-state index contributed by atoms with van der Waals surface area (Å²) in [5, 5.41) is 10.6. The smallest absolute Gasteiger partial charge is 0.414 e. The Morgan fingerprint density at radius 3 is 2.22 bits per heavy atom. The molecule has 3 heterocycles. The Balaban J connectivity index is 0.785. The zero-order valence-corrected chi connectivity index (χ0v) is 51.4. The van der Waals surface area contributed by atoms with Crippen molar-refractivity contribution < 1.29 is 66.7 Å². The Morgan fingerprint density at radius 2 is 1.50 bits per heavy atom. The van der Waals surface area contributed by atoms with Crippen LogP contribution in [-0.2, 0) is 43.2 Å². The number of anilines is 3. The Morgan fingerprint density at radius 1 is 0.800 bits per heavy atom. The molecular formula is C68H76BN7O14. The van der Waals surface area contributed by atoms with E-state index in [2.05, 4.69) is 40.0 Å². The molecule has 5 aromatic carbocycles. The molecule has 1 fully saturated rings. The highest BCUT2D eigenvalue weighted by Gasteiger charge is 2.60. The third-order valence-corrected chi connectivity index (χ3v) is 16.8. The summed E-state index contributed by atoms with van der Waals surface area (Å²) in [7, 11) is 9.07. The fourth-order valence-electron chi connectivity index (χ4n) is 12.3. The molecule has 10 rings (SSSR count). The number of carbonyl (C=O) groups is 7. The first-order chi connectivity index (χ1) is 43.4. The fraction of sp³-hybridized carbons (Fsp3) is 0.412. The number of fused-ring (bicyclic) bond motifs is 8. The first kappa shape index (κ1) is 63.7. The van der Waals surface area contributed by atoms with Crippen LogP contribution >= 0.6 is 0 Å². The van der Waals surface area contributed by atoms with Gasteiger partial charge in [0.15, 0.2) is 28.8 Å². The van der Waals surface area contributed by atoms with Crippen LogP contribution in [0.4, 0.5) is 37.1 Å². The molecule has 6 amide bonds. The van der Waals surface area contributed by atoms with Gasteiger partial charge in [-0.25, -0.2) is 14.4 Å². The van der Waals surface area contributed by atoms with Crippen molar-refractivity contribution in [1.29, 1.82) is 0 Å². The van der Waals surface area contributed by atoms with Gasteiger partial charge in [-0.1, -0.05) is 67.3 Å². The van der Waals surface area contributed by atoms with Crippen LogP contribution in [0.3, 0.4) is 0 Å². The Hall–Kier alpha value is -9.34. The van der Waals surface area contributed by atoms with Crippen LogP contribution in [0.25, 0.3) is 0 Å². The maximum Gasteiger partial charge on any atom is 0.414 e. The summed E-state index contributed by atoms with van der Waals surface area (Å²) in [4.78, 5) is 103. The SMILES string of the molecule is [B][C@H](NC(=O)OCC=C)C(=O)NC1(C(=O)Nc2ccc(COC(=O)N3C[C@@H]4Cc5ccccc5C4CCC(=O)c4cc(OC)c(OCCCCCOc5cc6c(cc5OC)C(=O)N5c7ccccc7C[C@H]5C=N6)cc43)cc2)CC1CCCNC(=O)OC(C)(C)C. The predicted octanol–water partition coefficient (Wildman–Crippen LogP) is 10.2. The molecule has 3 unspecified atom stereocenters. The first-order valence-electron chi connectivity index (χ1n) is 30.6. The molecule has 4 N–H and O–H groups in total. The maximum atomic E-state index is 14.7. The number of ketones is 1. The van der Waals surface area contributed by atoms with Gasteiger partial charge in [-0.3, -0.25) is 34.0 Å². The van der Waals surface area contributed by atoms with Crippen molar-refractivity contribution in [3.63, 3.8) is 0 Å². The zero-order chi connectivity index (χ0) is 63.7. The lowest BCUT2D eigenvalue weighted by molar-refractivity contribution is -0.127. The normalized spacial score (nSPS) is 19.6. The number of carbonyl (C=O) groups excluding carboxylic acids is 7. The number of alkyl carbamates (subject to hydrolysis) is 2. The number of methoxy groups -OCH3 is 2. The molecule has 2 radical (unpaired) electrons. The quantitative estimate of drug-likeness (QED) is 0.0206. The molecule has 5 aliphatic rings. The molecule has 0 bridgehead atoms. The lowest BCUT2D eigenvalue weighted by Gasteiger charge is -2.29. The number of hydrogen-bond acceptors (Lipinski definition) is 15. The van der Waals surface area contributed by atoms with Gasteiger partial charge in [0.25, 0.3) is 5.91 Å². The van der Waals surface area contributed by atoms with Crippen molar-refractivity contribution in [2.45, 2.75) is 121 Å². The maximum absolute atomic E-state index is 14.7. The van der Waals surface area contributed by atoms with Crippen LogP contribution in [0.2, 0.25) is 0 Å². The zero-order valence-electron chi connectivity index (χ0n) is 51.4. The lowest BCUT2D eigenvalue weighted by Crippen LogP contribution is -2.55. The number of unbranched alkanes of at least 4 members (excludes halogenated alkanes) is 2. The van der Waals surface area contributed by atoms with Crippen molar-refractivity contribution in [3.05, 3.63) is 143 Å². The number of Topliss-reactive ketones (excluding diaryl/α,β-unsaturated/α-hetero) is 1. The average molecular weight is 1230 g/mol. The van der Waals surface area contributed by atoms with Crippen LogP contribution in [0.15, 0.2) is 115 Å². The highest BCUT2D eigenvalue weighted by molar-refractivity contribution is 6.25. The van der Waals surface area contributed by atoms with Crippen molar-refractivity contribution in [2.24, 2.45) is 16.8 Å². The number of rotatable bonds is 23. The van der Waals surface area contributed by atoms with Gasteiger partial charge in [0.2, 0.25) is 11.8 Å². The molecule has 6 atom stereocenters. The monoisotopic (exact) mass is 1230 g/mol. The van der Waals surface area contributed by atoms with E-state index in [1.54, 1.807) is 86.2 Å². The Bertz CT molecular complexity index is 3570. The lowest BCUT2D eigenvalue weighted by atomic mass is 9.87. The largest absolute Gasteiger partial charge is 0.493 e. The summed E-state index contributed by atoms with van der Waals surface area (Å²) < 4.78 is 40.5. The number of hydrogen-bond donors (Lipinski definition) is 4. The molecular weight excluding hydrogens is 1150 g/mol. The van der Waals surface area contributed by atoms with E-state index in [0.29, 0.717) is 108 Å². The van der Waals surface area contributed by atoms with E-state index in [1.807, 2.05) is 42.6 Å². The second-order valence-electron chi connectivity index (χ2n) is 24.1. The molecule has 0 aromatic heterocycles. The third-order valence-electron chi connectivity index (χ3n) is 16.8. The van der Waals surface area contributed by atoms with Gasteiger partial charge in [-0.2, -0.15) is 0 Å². The van der Waals surface area contributed by atoms with Crippen LogP contribution in [0.5, 0.6) is 23.0 Å². The number of benzene rings is 5. The number of nitrogens with one attached hydrogen (secondary N) is 4. The predicted molar refractivity (Wildman–Crippen MR) is 339 cm³/mol. The second kappa shape index (κ2) is 28.0.